The lowest BCUT2D eigenvalue weighted by atomic mass is 10.1. The first-order valence-corrected chi connectivity index (χ1v) is 14.3. The lowest BCUT2D eigenvalue weighted by molar-refractivity contribution is -0.121. The lowest BCUT2D eigenvalue weighted by Gasteiger charge is -2.20. The molecule has 7 N–H and O–H groups in total. The van der Waals surface area contributed by atoms with Gasteiger partial charge in [0.1, 0.15) is 23.4 Å². The van der Waals surface area contributed by atoms with Gasteiger partial charge >= 0.3 is 0 Å². The van der Waals surface area contributed by atoms with E-state index in [9.17, 15) is 9.59 Å². The molecule has 0 fully saturated rings. The zero-order valence-electron chi connectivity index (χ0n) is 24.1. The molecule has 0 unspecified atom stereocenters. The maximum Gasteiger partial charge on any atom is 0.251 e. The Hall–Kier alpha value is -5.71. The first-order valence-electron chi connectivity index (χ1n) is 14.3. The van der Waals surface area contributed by atoms with E-state index in [1.807, 2.05) is 77.4 Å². The monoisotopic (exact) mass is 590 g/mol. The molecule has 0 saturated heterocycles. The molecule has 2 heterocycles. The van der Waals surface area contributed by atoms with Crippen molar-refractivity contribution in [1.82, 2.24) is 25.2 Å². The lowest BCUT2D eigenvalue weighted by Crippen LogP contribution is -2.32. The topological polar surface area (TPSA) is 174 Å². The van der Waals surface area contributed by atoms with Crippen LogP contribution in [0.2, 0.25) is 0 Å². The Bertz CT molecular complexity index is 1760. The second kappa shape index (κ2) is 14.0. The summed E-state index contributed by atoms with van der Waals surface area (Å²) in [4.78, 5) is 35.1. The van der Waals surface area contributed by atoms with Crippen LogP contribution in [-0.2, 0) is 11.2 Å². The van der Waals surface area contributed by atoms with E-state index in [0.29, 0.717) is 71.8 Å². The molecule has 0 saturated carbocycles. The second-order valence-electron chi connectivity index (χ2n) is 10.2. The standard InChI is InChI=1S/C33H34N8O3/c34-30(42)29(13-7-18-39-33(35)36)41-28-15-14-23(32(43)38-19-16-24-9-4-5-17-37-24)21-27(28)40-31(41)22-8-6-12-26(20-22)44-25-10-2-1-3-11-25/h1-6,8-12,14-15,17,20-21,29H,7,13,16,18-19H2,(H2,34,42)(H,38,43)(H4,35,36,39)/t29-/m1/s1. The van der Waals surface area contributed by atoms with Crippen LogP contribution >= 0.6 is 0 Å². The van der Waals surface area contributed by atoms with E-state index < -0.39 is 11.9 Å². The maximum absolute atomic E-state index is 13.0. The molecule has 11 heteroatoms. The summed E-state index contributed by atoms with van der Waals surface area (Å²) in [5.74, 6) is 0.886. The summed E-state index contributed by atoms with van der Waals surface area (Å²) < 4.78 is 7.87. The summed E-state index contributed by atoms with van der Waals surface area (Å²) in [6.45, 7) is 0.837. The molecule has 0 aliphatic heterocycles. The van der Waals surface area contributed by atoms with Crippen LogP contribution in [0.4, 0.5) is 0 Å². The molecule has 1 atom stereocenters. The fraction of sp³-hybridized carbons (Fsp3) is 0.182. The Balaban J connectivity index is 1.48. The number of para-hydroxylation sites is 1. The van der Waals surface area contributed by atoms with Crippen LogP contribution in [0.15, 0.2) is 97.2 Å². The molecule has 5 rings (SSSR count). The first-order chi connectivity index (χ1) is 21.4. The molecule has 224 valence electrons. The Morgan fingerprint density at radius 2 is 1.68 bits per heavy atom. The Morgan fingerprint density at radius 1 is 0.886 bits per heavy atom. The van der Waals surface area contributed by atoms with Crippen molar-refractivity contribution < 1.29 is 14.3 Å². The number of aromatic nitrogens is 3. The van der Waals surface area contributed by atoms with E-state index in [1.54, 1.807) is 24.4 Å². The predicted octanol–water partition coefficient (Wildman–Crippen LogP) is 4.15. The van der Waals surface area contributed by atoms with Gasteiger partial charge in [0.15, 0.2) is 5.96 Å². The number of amides is 2. The number of hydrogen-bond acceptors (Lipinski definition) is 6. The number of rotatable bonds is 13. The van der Waals surface area contributed by atoms with Gasteiger partial charge < -0.3 is 31.4 Å². The molecule has 11 nitrogen and oxygen atoms in total. The Morgan fingerprint density at radius 3 is 2.43 bits per heavy atom. The number of fused-ring (bicyclic) bond motifs is 1. The van der Waals surface area contributed by atoms with Crippen molar-refractivity contribution in [3.63, 3.8) is 0 Å². The summed E-state index contributed by atoms with van der Waals surface area (Å²) in [5, 5.41) is 13.1. The van der Waals surface area contributed by atoms with E-state index in [4.69, 9.17) is 26.6 Å². The highest BCUT2D eigenvalue weighted by Gasteiger charge is 2.25. The molecule has 5 aromatic rings. The molecule has 2 amide bonds. The number of imidazole rings is 1. The fourth-order valence-electron chi connectivity index (χ4n) is 4.95. The summed E-state index contributed by atoms with van der Waals surface area (Å²) in [5.41, 5.74) is 14.6. The van der Waals surface area contributed by atoms with E-state index >= 15 is 0 Å². The Labute approximate surface area is 254 Å². The van der Waals surface area contributed by atoms with Crippen LogP contribution in [0.1, 0.15) is 34.9 Å². The van der Waals surface area contributed by atoms with Crippen LogP contribution < -0.4 is 26.8 Å². The average Bonchev–Trinajstić information content (AvgIpc) is 3.40. The van der Waals surface area contributed by atoms with Crippen molar-refractivity contribution in [2.24, 2.45) is 11.5 Å². The normalized spacial score (nSPS) is 11.5. The number of hydrogen-bond donors (Lipinski definition) is 5. The highest BCUT2D eigenvalue weighted by molar-refractivity contribution is 5.98. The molecule has 0 bridgehead atoms. The second-order valence-corrected chi connectivity index (χ2v) is 10.2. The van der Waals surface area contributed by atoms with Crippen LogP contribution in [0.5, 0.6) is 11.5 Å². The first kappa shape index (κ1) is 29.8. The minimum absolute atomic E-state index is 0.143. The van der Waals surface area contributed by atoms with Crippen molar-refractivity contribution >= 4 is 28.8 Å². The minimum atomic E-state index is -0.750. The Kier molecular flexibility index (Phi) is 9.45. The van der Waals surface area contributed by atoms with Gasteiger partial charge in [-0.1, -0.05) is 36.4 Å². The molecule has 44 heavy (non-hydrogen) atoms. The maximum atomic E-state index is 13.0. The van der Waals surface area contributed by atoms with Gasteiger partial charge in [0.25, 0.3) is 5.91 Å². The van der Waals surface area contributed by atoms with Crippen LogP contribution in [0, 0.1) is 5.41 Å². The van der Waals surface area contributed by atoms with E-state index in [2.05, 4.69) is 15.6 Å². The van der Waals surface area contributed by atoms with Gasteiger partial charge in [-0.2, -0.15) is 0 Å². The van der Waals surface area contributed by atoms with E-state index in [-0.39, 0.29) is 11.9 Å². The van der Waals surface area contributed by atoms with Crippen molar-refractivity contribution in [1.29, 1.82) is 5.41 Å². The number of primary amides is 1. The summed E-state index contributed by atoms with van der Waals surface area (Å²) >= 11 is 0. The van der Waals surface area contributed by atoms with Crippen molar-refractivity contribution in [2.45, 2.75) is 25.3 Å². The third-order valence-electron chi connectivity index (χ3n) is 7.03. The highest BCUT2D eigenvalue weighted by Crippen LogP contribution is 2.33. The molecule has 0 aliphatic carbocycles. The fourth-order valence-corrected chi connectivity index (χ4v) is 4.95. The predicted molar refractivity (Wildman–Crippen MR) is 169 cm³/mol. The number of nitrogens with one attached hydrogen (secondary N) is 3. The van der Waals surface area contributed by atoms with Gasteiger partial charge in [-0.25, -0.2) is 4.98 Å². The average molecular weight is 591 g/mol. The molecule has 0 spiro atoms. The number of nitrogens with two attached hydrogens (primary N) is 2. The molecular weight excluding hydrogens is 556 g/mol. The largest absolute Gasteiger partial charge is 0.457 e. The van der Waals surface area contributed by atoms with Crippen molar-refractivity contribution in [2.75, 3.05) is 13.1 Å². The number of ether oxygens (including phenoxy) is 1. The third-order valence-corrected chi connectivity index (χ3v) is 7.03. The van der Waals surface area contributed by atoms with Gasteiger partial charge in [-0.05, 0) is 67.4 Å². The number of carbonyl (C=O) groups excluding carboxylic acids is 2. The van der Waals surface area contributed by atoms with Gasteiger partial charge in [0, 0.05) is 42.5 Å². The number of benzene rings is 3. The van der Waals surface area contributed by atoms with Crippen molar-refractivity contribution in [3.8, 4) is 22.9 Å². The summed E-state index contributed by atoms with van der Waals surface area (Å²) in [6, 6.07) is 27.0. The van der Waals surface area contributed by atoms with E-state index in [0.717, 1.165) is 5.69 Å². The zero-order chi connectivity index (χ0) is 30.9. The quantitative estimate of drug-likeness (QED) is 0.0778. The van der Waals surface area contributed by atoms with Crippen LogP contribution in [0.3, 0.4) is 0 Å². The molecular formula is C33H34N8O3. The summed E-state index contributed by atoms with van der Waals surface area (Å²) in [6.07, 6.45) is 3.24. The molecule has 0 radical (unpaired) electrons. The molecule has 2 aromatic heterocycles. The van der Waals surface area contributed by atoms with Crippen LogP contribution in [0.25, 0.3) is 22.4 Å². The summed E-state index contributed by atoms with van der Waals surface area (Å²) in [7, 11) is 0. The van der Waals surface area contributed by atoms with E-state index in [1.165, 1.54) is 0 Å². The van der Waals surface area contributed by atoms with Gasteiger partial charge in [0.2, 0.25) is 5.91 Å². The van der Waals surface area contributed by atoms with Gasteiger partial charge in [-0.3, -0.25) is 20.0 Å². The van der Waals surface area contributed by atoms with Crippen LogP contribution in [-0.4, -0.2) is 45.4 Å². The SMILES string of the molecule is N=C(N)NCCC[C@H](C(N)=O)n1c(-c2cccc(Oc3ccccc3)c2)nc2cc(C(=O)NCCc3ccccn3)ccc21. The number of carbonyl (C=O) groups is 2. The van der Waals surface area contributed by atoms with Crippen molar-refractivity contribution in [3.05, 3.63) is 108 Å². The smallest absolute Gasteiger partial charge is 0.251 e. The molecule has 0 aliphatic rings. The van der Waals surface area contributed by atoms with Gasteiger partial charge in [0.05, 0.1) is 11.0 Å². The third kappa shape index (κ3) is 7.37. The van der Waals surface area contributed by atoms with Gasteiger partial charge in [-0.15, -0.1) is 0 Å². The number of pyridine rings is 1. The number of nitrogens with zero attached hydrogens (tertiary/aromatic N) is 3. The molecule has 3 aromatic carbocycles. The zero-order valence-corrected chi connectivity index (χ0v) is 24.1. The number of guanidine groups is 1. The highest BCUT2D eigenvalue weighted by atomic mass is 16.5. The minimum Gasteiger partial charge on any atom is -0.457 e.